The summed E-state index contributed by atoms with van der Waals surface area (Å²) >= 11 is 0. The maximum atomic E-state index is 13.4. The molecule has 2 aromatic carbocycles. The van der Waals surface area contributed by atoms with E-state index in [2.05, 4.69) is 26.1 Å². The van der Waals surface area contributed by atoms with E-state index < -0.39 is 5.82 Å². The fourth-order valence-corrected chi connectivity index (χ4v) is 4.11. The summed E-state index contributed by atoms with van der Waals surface area (Å²) in [4.78, 5) is 27.5. The normalized spacial score (nSPS) is 18.8. The molecule has 1 aliphatic rings. The van der Waals surface area contributed by atoms with Gasteiger partial charge in [-0.25, -0.2) is 4.39 Å². The first-order valence-corrected chi connectivity index (χ1v) is 11.3. The molecule has 0 heterocycles. The average molecular weight is 440 g/mol. The standard InChI is InChI=1S/C26H34FN3O2/c1-26(2,3)16-24(31)30(23-13-9-21(28)10-14-23)17-18-7-11-22(12-8-18)29-25(32)19-5-4-6-20(27)15-19/h4-8,11-12,15,21,23H,9-10,13-14,16-17,28H2,1-3H3,(H,29,32). The van der Waals surface area contributed by atoms with Gasteiger partial charge in [0.1, 0.15) is 5.82 Å². The van der Waals surface area contributed by atoms with Crippen LogP contribution in [-0.4, -0.2) is 28.8 Å². The van der Waals surface area contributed by atoms with Crippen LogP contribution in [0.1, 0.15) is 68.8 Å². The Labute approximate surface area is 190 Å². The Hall–Kier alpha value is -2.73. The number of carbonyl (C=O) groups is 2. The number of hydrogen-bond acceptors (Lipinski definition) is 3. The summed E-state index contributed by atoms with van der Waals surface area (Å²) < 4.78 is 13.4. The minimum Gasteiger partial charge on any atom is -0.335 e. The highest BCUT2D eigenvalue weighted by Crippen LogP contribution is 2.28. The van der Waals surface area contributed by atoms with E-state index in [-0.39, 0.29) is 34.9 Å². The van der Waals surface area contributed by atoms with Gasteiger partial charge in [0.25, 0.3) is 5.91 Å². The number of nitrogens with two attached hydrogens (primary N) is 1. The molecule has 3 N–H and O–H groups in total. The number of halogens is 1. The molecule has 0 unspecified atom stereocenters. The number of carbonyl (C=O) groups excluding carboxylic acids is 2. The topological polar surface area (TPSA) is 75.4 Å². The van der Waals surface area contributed by atoms with Gasteiger partial charge >= 0.3 is 0 Å². The monoisotopic (exact) mass is 439 g/mol. The highest BCUT2D eigenvalue weighted by Gasteiger charge is 2.30. The molecule has 0 bridgehead atoms. The maximum absolute atomic E-state index is 13.4. The Balaban J connectivity index is 1.69. The summed E-state index contributed by atoms with van der Waals surface area (Å²) in [7, 11) is 0. The van der Waals surface area contributed by atoms with E-state index in [1.165, 1.54) is 18.2 Å². The van der Waals surface area contributed by atoms with Crippen molar-refractivity contribution in [2.75, 3.05) is 5.32 Å². The molecule has 0 radical (unpaired) electrons. The quantitative estimate of drug-likeness (QED) is 0.656. The molecular formula is C26H34FN3O2. The molecule has 6 heteroatoms. The van der Waals surface area contributed by atoms with Crippen molar-refractivity contribution in [1.29, 1.82) is 0 Å². The number of anilines is 1. The van der Waals surface area contributed by atoms with Crippen molar-refractivity contribution in [3.05, 3.63) is 65.5 Å². The van der Waals surface area contributed by atoms with Gasteiger partial charge < -0.3 is 16.0 Å². The zero-order valence-electron chi connectivity index (χ0n) is 19.2. The highest BCUT2D eigenvalue weighted by atomic mass is 19.1. The van der Waals surface area contributed by atoms with Crippen LogP contribution < -0.4 is 11.1 Å². The van der Waals surface area contributed by atoms with Crippen LogP contribution in [0.15, 0.2) is 48.5 Å². The Morgan fingerprint density at radius 3 is 2.31 bits per heavy atom. The molecule has 0 atom stereocenters. The van der Waals surface area contributed by atoms with E-state index in [1.54, 1.807) is 6.07 Å². The van der Waals surface area contributed by atoms with Gasteiger partial charge in [-0.2, -0.15) is 0 Å². The molecule has 0 aromatic heterocycles. The van der Waals surface area contributed by atoms with Crippen molar-refractivity contribution in [2.45, 2.75) is 71.5 Å². The fraction of sp³-hybridized carbons (Fsp3) is 0.462. The number of hydrogen-bond donors (Lipinski definition) is 2. The predicted octanol–water partition coefficient (Wildman–Crippen LogP) is 5.11. The lowest BCUT2D eigenvalue weighted by Gasteiger charge is -2.37. The van der Waals surface area contributed by atoms with Crippen LogP contribution in [0.2, 0.25) is 0 Å². The molecule has 2 aromatic rings. The molecule has 5 nitrogen and oxygen atoms in total. The summed E-state index contributed by atoms with van der Waals surface area (Å²) in [6.07, 6.45) is 4.24. The van der Waals surface area contributed by atoms with Crippen LogP contribution in [-0.2, 0) is 11.3 Å². The minimum atomic E-state index is -0.448. The smallest absolute Gasteiger partial charge is 0.255 e. The van der Waals surface area contributed by atoms with Crippen LogP contribution in [0.3, 0.4) is 0 Å². The van der Waals surface area contributed by atoms with Gasteiger partial charge in [0.15, 0.2) is 0 Å². The third kappa shape index (κ3) is 6.89. The first-order valence-electron chi connectivity index (χ1n) is 11.3. The summed E-state index contributed by atoms with van der Waals surface area (Å²) in [5.41, 5.74) is 7.89. The van der Waals surface area contributed by atoms with Crippen LogP contribution >= 0.6 is 0 Å². The van der Waals surface area contributed by atoms with Crippen LogP contribution in [0, 0.1) is 11.2 Å². The van der Waals surface area contributed by atoms with Gasteiger partial charge in [-0.3, -0.25) is 9.59 Å². The molecule has 1 saturated carbocycles. The SMILES string of the molecule is CC(C)(C)CC(=O)N(Cc1ccc(NC(=O)c2cccc(F)c2)cc1)C1CCC(N)CC1. The van der Waals surface area contributed by atoms with Crippen molar-refractivity contribution in [1.82, 2.24) is 4.90 Å². The van der Waals surface area contributed by atoms with E-state index in [9.17, 15) is 14.0 Å². The van der Waals surface area contributed by atoms with Gasteiger partial charge in [0.05, 0.1) is 0 Å². The van der Waals surface area contributed by atoms with Gasteiger partial charge in [-0.05, 0) is 67.0 Å². The molecule has 2 amide bonds. The Bertz CT molecular complexity index is 929. The second-order valence-corrected chi connectivity index (χ2v) is 9.99. The number of rotatable bonds is 6. The first-order chi connectivity index (χ1) is 15.1. The van der Waals surface area contributed by atoms with Crippen molar-refractivity contribution in [2.24, 2.45) is 11.1 Å². The number of amides is 2. The molecule has 1 fully saturated rings. The van der Waals surface area contributed by atoms with Crippen molar-refractivity contribution >= 4 is 17.5 Å². The van der Waals surface area contributed by atoms with E-state index in [0.717, 1.165) is 31.2 Å². The molecule has 0 spiro atoms. The third-order valence-electron chi connectivity index (χ3n) is 5.84. The molecule has 1 aliphatic carbocycles. The summed E-state index contributed by atoms with van der Waals surface area (Å²) in [5, 5.41) is 2.79. The summed E-state index contributed by atoms with van der Waals surface area (Å²) in [6, 6.07) is 13.5. The summed E-state index contributed by atoms with van der Waals surface area (Å²) in [5.74, 6) is -0.643. The van der Waals surface area contributed by atoms with Crippen LogP contribution in [0.5, 0.6) is 0 Å². The molecule has 32 heavy (non-hydrogen) atoms. The van der Waals surface area contributed by atoms with Crippen LogP contribution in [0.4, 0.5) is 10.1 Å². The van der Waals surface area contributed by atoms with Gasteiger partial charge in [-0.15, -0.1) is 0 Å². The highest BCUT2D eigenvalue weighted by molar-refractivity contribution is 6.04. The molecular weight excluding hydrogens is 405 g/mol. The lowest BCUT2D eigenvalue weighted by Crippen LogP contribution is -2.44. The number of nitrogens with one attached hydrogen (secondary N) is 1. The fourth-order valence-electron chi connectivity index (χ4n) is 4.11. The second kappa shape index (κ2) is 10.3. The Kier molecular flexibility index (Phi) is 7.67. The molecule has 0 saturated heterocycles. The van der Waals surface area contributed by atoms with E-state index in [0.29, 0.717) is 18.7 Å². The Morgan fingerprint density at radius 2 is 1.72 bits per heavy atom. The van der Waals surface area contributed by atoms with Gasteiger partial charge in [0, 0.05) is 36.3 Å². The molecule has 0 aliphatic heterocycles. The zero-order valence-corrected chi connectivity index (χ0v) is 19.2. The van der Waals surface area contributed by atoms with Crippen LogP contribution in [0.25, 0.3) is 0 Å². The first kappa shape index (κ1) is 23.9. The largest absolute Gasteiger partial charge is 0.335 e. The maximum Gasteiger partial charge on any atom is 0.255 e. The van der Waals surface area contributed by atoms with E-state index >= 15 is 0 Å². The Morgan fingerprint density at radius 1 is 1.06 bits per heavy atom. The third-order valence-corrected chi connectivity index (χ3v) is 5.84. The van der Waals surface area contributed by atoms with Gasteiger partial charge in [0.2, 0.25) is 5.91 Å². The minimum absolute atomic E-state index is 0.0779. The summed E-state index contributed by atoms with van der Waals surface area (Å²) in [6.45, 7) is 6.77. The second-order valence-electron chi connectivity index (χ2n) is 9.99. The molecule has 172 valence electrons. The van der Waals surface area contributed by atoms with Crippen molar-refractivity contribution < 1.29 is 14.0 Å². The zero-order chi connectivity index (χ0) is 23.3. The van der Waals surface area contributed by atoms with Crippen molar-refractivity contribution in [3.8, 4) is 0 Å². The molecule has 3 rings (SSSR count). The number of nitrogens with zero attached hydrogens (tertiary/aromatic N) is 1. The number of benzene rings is 2. The van der Waals surface area contributed by atoms with Gasteiger partial charge in [-0.1, -0.05) is 39.0 Å². The lowest BCUT2D eigenvalue weighted by molar-refractivity contribution is -0.137. The van der Waals surface area contributed by atoms with Crippen molar-refractivity contribution in [3.63, 3.8) is 0 Å². The lowest BCUT2D eigenvalue weighted by atomic mass is 9.88. The van der Waals surface area contributed by atoms with E-state index in [4.69, 9.17) is 5.73 Å². The predicted molar refractivity (Wildman–Crippen MR) is 126 cm³/mol. The van der Waals surface area contributed by atoms with E-state index in [1.807, 2.05) is 29.2 Å². The average Bonchev–Trinajstić information content (AvgIpc) is 2.72.